The number of hydrogen-bond donors (Lipinski definition) is 1. The minimum atomic E-state index is -1.13. The Hall–Kier alpha value is -3.01. The summed E-state index contributed by atoms with van der Waals surface area (Å²) in [5.41, 5.74) is 0.537. The molecule has 0 aliphatic carbocycles. The number of carbonyl (C=O) groups excluding carboxylic acids is 3. The van der Waals surface area contributed by atoms with Crippen molar-refractivity contribution in [3.63, 3.8) is 0 Å². The number of methoxy groups -OCH3 is 1. The average molecular weight is 409 g/mol. The molecule has 2 amide bonds. The standard InChI is InChI=1S/C18H19NO8S/c1-10(2)27-16(22)8-19-17(23)14(28-18(19)24)7-11-4-5-12(13(6-11)25-3)26-9-15(20)21/h4-7,10H,8-9H2,1-3H3,(H,20,21)/b14-7+. The van der Waals surface area contributed by atoms with Crippen molar-refractivity contribution in [1.29, 1.82) is 0 Å². The lowest BCUT2D eigenvalue weighted by Gasteiger charge is -2.13. The number of hydrogen-bond acceptors (Lipinski definition) is 8. The van der Waals surface area contributed by atoms with Gasteiger partial charge in [-0.15, -0.1) is 0 Å². The van der Waals surface area contributed by atoms with Gasteiger partial charge in [-0.2, -0.15) is 0 Å². The summed E-state index contributed by atoms with van der Waals surface area (Å²) >= 11 is 0.710. The summed E-state index contributed by atoms with van der Waals surface area (Å²) in [7, 11) is 1.39. The van der Waals surface area contributed by atoms with E-state index in [0.717, 1.165) is 4.90 Å². The van der Waals surface area contributed by atoms with Crippen LogP contribution in [0.3, 0.4) is 0 Å². The molecule has 0 spiro atoms. The highest BCUT2D eigenvalue weighted by Crippen LogP contribution is 2.34. The summed E-state index contributed by atoms with van der Waals surface area (Å²) in [6.07, 6.45) is 1.12. The second-order valence-electron chi connectivity index (χ2n) is 5.90. The van der Waals surface area contributed by atoms with Crippen molar-refractivity contribution in [2.24, 2.45) is 0 Å². The third kappa shape index (κ3) is 5.49. The normalized spacial score (nSPS) is 15.3. The largest absolute Gasteiger partial charge is 0.493 e. The fourth-order valence-electron chi connectivity index (χ4n) is 2.25. The Labute approximate surface area is 165 Å². The fourth-order valence-corrected chi connectivity index (χ4v) is 3.09. The Morgan fingerprint density at radius 2 is 1.96 bits per heavy atom. The molecule has 0 atom stereocenters. The molecule has 1 N–H and O–H groups in total. The topological polar surface area (TPSA) is 119 Å². The number of esters is 1. The molecule has 0 bridgehead atoms. The van der Waals surface area contributed by atoms with Gasteiger partial charge in [0.2, 0.25) is 0 Å². The number of imide groups is 1. The number of carboxylic acid groups (broad SMARTS) is 1. The van der Waals surface area contributed by atoms with Gasteiger partial charge in [-0.25, -0.2) is 4.79 Å². The van der Waals surface area contributed by atoms with Gasteiger partial charge < -0.3 is 19.3 Å². The van der Waals surface area contributed by atoms with Crippen LogP contribution in [0, 0.1) is 0 Å². The van der Waals surface area contributed by atoms with Crippen molar-refractivity contribution in [2.45, 2.75) is 20.0 Å². The van der Waals surface area contributed by atoms with E-state index in [4.69, 9.17) is 19.3 Å². The zero-order valence-electron chi connectivity index (χ0n) is 15.5. The van der Waals surface area contributed by atoms with Crippen molar-refractivity contribution in [2.75, 3.05) is 20.3 Å². The van der Waals surface area contributed by atoms with Gasteiger partial charge in [-0.1, -0.05) is 6.07 Å². The van der Waals surface area contributed by atoms with Crippen LogP contribution in [0.15, 0.2) is 23.1 Å². The number of benzene rings is 1. The van der Waals surface area contributed by atoms with E-state index in [1.807, 2.05) is 0 Å². The van der Waals surface area contributed by atoms with Gasteiger partial charge in [0.25, 0.3) is 11.1 Å². The number of carboxylic acids is 1. The lowest BCUT2D eigenvalue weighted by atomic mass is 10.2. The number of amides is 2. The molecule has 0 saturated carbocycles. The first-order valence-electron chi connectivity index (χ1n) is 8.18. The van der Waals surface area contributed by atoms with E-state index in [-0.39, 0.29) is 22.5 Å². The second-order valence-corrected chi connectivity index (χ2v) is 6.89. The van der Waals surface area contributed by atoms with Crippen molar-refractivity contribution in [1.82, 2.24) is 4.90 Å². The molecular weight excluding hydrogens is 390 g/mol. The fraction of sp³-hybridized carbons (Fsp3) is 0.333. The Morgan fingerprint density at radius 1 is 1.25 bits per heavy atom. The van der Waals surface area contributed by atoms with E-state index in [1.165, 1.54) is 25.3 Å². The molecule has 150 valence electrons. The number of thioether (sulfide) groups is 1. The van der Waals surface area contributed by atoms with Crippen molar-refractivity contribution < 1.29 is 38.5 Å². The summed E-state index contributed by atoms with van der Waals surface area (Å²) in [6.45, 7) is 2.36. The van der Waals surface area contributed by atoms with Crippen LogP contribution in [0.1, 0.15) is 19.4 Å². The zero-order valence-corrected chi connectivity index (χ0v) is 16.3. The quantitative estimate of drug-likeness (QED) is 0.508. The molecule has 2 rings (SSSR count). The van der Waals surface area contributed by atoms with Gasteiger partial charge >= 0.3 is 11.9 Å². The van der Waals surface area contributed by atoms with E-state index < -0.39 is 36.2 Å². The molecule has 1 aromatic carbocycles. The highest BCUT2D eigenvalue weighted by Gasteiger charge is 2.36. The lowest BCUT2D eigenvalue weighted by Crippen LogP contribution is -2.35. The molecule has 1 aliphatic rings. The minimum Gasteiger partial charge on any atom is -0.493 e. The second kappa shape index (κ2) is 9.27. The zero-order chi connectivity index (χ0) is 20.8. The van der Waals surface area contributed by atoms with Crippen LogP contribution < -0.4 is 9.47 Å². The van der Waals surface area contributed by atoms with Crippen molar-refractivity contribution in [3.05, 3.63) is 28.7 Å². The number of carbonyl (C=O) groups is 4. The van der Waals surface area contributed by atoms with E-state index in [9.17, 15) is 19.2 Å². The number of nitrogens with zero attached hydrogens (tertiary/aromatic N) is 1. The Kier molecular flexibility index (Phi) is 7.05. The van der Waals surface area contributed by atoms with Crippen LogP contribution in [0.25, 0.3) is 6.08 Å². The van der Waals surface area contributed by atoms with Gasteiger partial charge in [-0.05, 0) is 49.4 Å². The highest BCUT2D eigenvalue weighted by molar-refractivity contribution is 8.18. The third-order valence-electron chi connectivity index (χ3n) is 3.36. The smallest absolute Gasteiger partial charge is 0.341 e. The van der Waals surface area contributed by atoms with E-state index >= 15 is 0 Å². The molecule has 1 aliphatic heterocycles. The first-order chi connectivity index (χ1) is 13.2. The van der Waals surface area contributed by atoms with Gasteiger partial charge in [0, 0.05) is 0 Å². The van der Waals surface area contributed by atoms with Gasteiger partial charge in [0.05, 0.1) is 18.1 Å². The summed E-state index contributed by atoms with van der Waals surface area (Å²) in [5.74, 6) is -1.89. The van der Waals surface area contributed by atoms with Crippen LogP contribution in [0.5, 0.6) is 11.5 Å². The van der Waals surface area contributed by atoms with E-state index in [1.54, 1.807) is 19.9 Å². The molecule has 1 heterocycles. The van der Waals surface area contributed by atoms with Crippen molar-refractivity contribution in [3.8, 4) is 11.5 Å². The molecule has 10 heteroatoms. The van der Waals surface area contributed by atoms with Crippen LogP contribution in [-0.2, 0) is 19.1 Å². The molecule has 0 unspecified atom stereocenters. The van der Waals surface area contributed by atoms with Gasteiger partial charge in [-0.3, -0.25) is 19.3 Å². The third-order valence-corrected chi connectivity index (χ3v) is 4.27. The molecule has 1 fully saturated rings. The monoisotopic (exact) mass is 409 g/mol. The average Bonchev–Trinajstić information content (AvgIpc) is 2.87. The van der Waals surface area contributed by atoms with Crippen LogP contribution in [0.4, 0.5) is 4.79 Å². The van der Waals surface area contributed by atoms with E-state index in [0.29, 0.717) is 17.3 Å². The van der Waals surface area contributed by atoms with Crippen LogP contribution in [-0.4, -0.2) is 59.5 Å². The summed E-state index contributed by atoms with van der Waals surface area (Å²) in [5, 5.41) is 8.12. The maximum Gasteiger partial charge on any atom is 0.341 e. The molecule has 28 heavy (non-hydrogen) atoms. The summed E-state index contributed by atoms with van der Waals surface area (Å²) in [4.78, 5) is 47.8. The maximum atomic E-state index is 12.4. The van der Waals surface area contributed by atoms with E-state index in [2.05, 4.69) is 0 Å². The molecular formula is C18H19NO8S. The minimum absolute atomic E-state index is 0.142. The predicted octanol–water partition coefficient (Wildman–Crippen LogP) is 2.15. The van der Waals surface area contributed by atoms with Crippen LogP contribution >= 0.6 is 11.8 Å². The Morgan fingerprint density at radius 3 is 2.57 bits per heavy atom. The number of rotatable bonds is 8. The van der Waals surface area contributed by atoms with Gasteiger partial charge in [0.15, 0.2) is 18.1 Å². The number of ether oxygens (including phenoxy) is 3. The molecule has 0 aromatic heterocycles. The first kappa shape index (κ1) is 21.3. The molecule has 9 nitrogen and oxygen atoms in total. The maximum absolute atomic E-state index is 12.4. The lowest BCUT2D eigenvalue weighted by molar-refractivity contribution is -0.149. The molecule has 1 aromatic rings. The highest BCUT2D eigenvalue weighted by atomic mass is 32.2. The molecule has 1 saturated heterocycles. The Balaban J connectivity index is 2.16. The molecule has 0 radical (unpaired) electrons. The number of aliphatic carboxylic acids is 1. The summed E-state index contributed by atoms with van der Waals surface area (Å²) in [6, 6.07) is 4.62. The summed E-state index contributed by atoms with van der Waals surface area (Å²) < 4.78 is 15.2. The SMILES string of the molecule is COc1cc(/C=C2/SC(=O)N(CC(=O)OC(C)C)C2=O)ccc1OCC(=O)O. The predicted molar refractivity (Wildman–Crippen MR) is 100 cm³/mol. The first-order valence-corrected chi connectivity index (χ1v) is 9.00. The van der Waals surface area contributed by atoms with Crippen LogP contribution in [0.2, 0.25) is 0 Å². The Bertz CT molecular complexity index is 833. The van der Waals surface area contributed by atoms with Gasteiger partial charge in [0.1, 0.15) is 6.54 Å². The van der Waals surface area contributed by atoms with Crippen molar-refractivity contribution >= 4 is 40.9 Å².